The zero-order chi connectivity index (χ0) is 14.4. The molecule has 0 saturated carbocycles. The van der Waals surface area contributed by atoms with Crippen LogP contribution in [-0.2, 0) is 16.1 Å². The number of likely N-dealkylation sites (tertiary alicyclic amines) is 1. The third-order valence-electron chi connectivity index (χ3n) is 4.08. The largest absolute Gasteiger partial charge is 0.461 e. The predicted octanol–water partition coefficient (Wildman–Crippen LogP) is 3.24. The van der Waals surface area contributed by atoms with Crippen molar-refractivity contribution < 1.29 is 9.53 Å². The molecule has 0 aliphatic carbocycles. The number of carbonyl (C=O) groups excluding carboxylic acids is 1. The summed E-state index contributed by atoms with van der Waals surface area (Å²) in [5, 5.41) is 0. The highest BCUT2D eigenvalue weighted by Gasteiger charge is 2.27. The normalized spacial score (nSPS) is 19.4. The van der Waals surface area contributed by atoms with E-state index in [1.807, 2.05) is 19.9 Å². The Morgan fingerprint density at radius 3 is 2.65 bits per heavy atom. The van der Waals surface area contributed by atoms with Crippen LogP contribution in [0.2, 0.25) is 0 Å². The van der Waals surface area contributed by atoms with E-state index in [9.17, 15) is 4.79 Å². The van der Waals surface area contributed by atoms with Crippen molar-refractivity contribution in [1.82, 2.24) is 4.90 Å². The fourth-order valence-electron chi connectivity index (χ4n) is 2.76. The fourth-order valence-corrected chi connectivity index (χ4v) is 2.76. The lowest BCUT2D eigenvalue weighted by atomic mass is 10.0. The van der Waals surface area contributed by atoms with Crippen LogP contribution >= 0.6 is 0 Å². The number of hydrogen-bond acceptors (Lipinski definition) is 3. The standard InChI is InChI=1S/C17H25NO2/c1-3-15(4-2)17(19)20-16-10-11-18(13-16)12-14-8-6-5-7-9-14/h5-9,15-16H,3-4,10-13H2,1-2H3/t16-/m1/s1. The number of hydrogen-bond donors (Lipinski definition) is 0. The molecule has 1 aromatic carbocycles. The molecule has 1 atom stereocenters. The highest BCUT2D eigenvalue weighted by molar-refractivity contribution is 5.72. The fraction of sp³-hybridized carbons (Fsp3) is 0.588. The molecule has 1 aliphatic rings. The minimum atomic E-state index is -0.0124. The maximum absolute atomic E-state index is 12.0. The van der Waals surface area contributed by atoms with Crippen LogP contribution in [0.25, 0.3) is 0 Å². The molecule has 0 unspecified atom stereocenters. The summed E-state index contributed by atoms with van der Waals surface area (Å²) < 4.78 is 5.64. The second kappa shape index (κ2) is 7.44. The van der Waals surface area contributed by atoms with Gasteiger partial charge in [0, 0.05) is 19.6 Å². The predicted molar refractivity (Wildman–Crippen MR) is 80.3 cm³/mol. The van der Waals surface area contributed by atoms with Crippen LogP contribution in [0.5, 0.6) is 0 Å². The van der Waals surface area contributed by atoms with Gasteiger partial charge < -0.3 is 4.74 Å². The van der Waals surface area contributed by atoms with Crippen LogP contribution in [0.4, 0.5) is 0 Å². The average molecular weight is 275 g/mol. The highest BCUT2D eigenvalue weighted by Crippen LogP contribution is 2.19. The van der Waals surface area contributed by atoms with Gasteiger partial charge in [-0.1, -0.05) is 44.2 Å². The molecule has 2 rings (SSSR count). The van der Waals surface area contributed by atoms with Crippen LogP contribution in [0.3, 0.4) is 0 Å². The van der Waals surface area contributed by atoms with E-state index >= 15 is 0 Å². The van der Waals surface area contributed by atoms with Crippen LogP contribution < -0.4 is 0 Å². The Morgan fingerprint density at radius 2 is 2.00 bits per heavy atom. The Kier molecular flexibility index (Phi) is 5.60. The van der Waals surface area contributed by atoms with Crippen LogP contribution in [0.1, 0.15) is 38.7 Å². The van der Waals surface area contributed by atoms with Crippen molar-refractivity contribution in [3.63, 3.8) is 0 Å². The van der Waals surface area contributed by atoms with E-state index in [0.29, 0.717) is 0 Å². The quantitative estimate of drug-likeness (QED) is 0.746. The Balaban J connectivity index is 1.79. The molecule has 1 fully saturated rings. The Bertz CT molecular complexity index is 414. The van der Waals surface area contributed by atoms with Crippen molar-refractivity contribution in [2.75, 3.05) is 13.1 Å². The van der Waals surface area contributed by atoms with Gasteiger partial charge in [0.1, 0.15) is 6.10 Å². The summed E-state index contributed by atoms with van der Waals surface area (Å²) in [5.41, 5.74) is 1.32. The number of benzene rings is 1. The van der Waals surface area contributed by atoms with Gasteiger partial charge in [-0.25, -0.2) is 0 Å². The minimum Gasteiger partial charge on any atom is -0.461 e. The molecule has 0 radical (unpaired) electrons. The van der Waals surface area contributed by atoms with Crippen LogP contribution in [-0.4, -0.2) is 30.1 Å². The second-order valence-corrected chi connectivity index (χ2v) is 5.58. The van der Waals surface area contributed by atoms with Crippen molar-refractivity contribution in [1.29, 1.82) is 0 Å². The maximum Gasteiger partial charge on any atom is 0.309 e. The van der Waals surface area contributed by atoms with Gasteiger partial charge in [-0.05, 0) is 24.8 Å². The smallest absolute Gasteiger partial charge is 0.309 e. The first-order chi connectivity index (χ1) is 9.72. The van der Waals surface area contributed by atoms with E-state index in [4.69, 9.17) is 4.74 Å². The van der Waals surface area contributed by atoms with Gasteiger partial charge in [-0.15, -0.1) is 0 Å². The molecule has 0 spiro atoms. The first kappa shape index (κ1) is 15.0. The summed E-state index contributed by atoms with van der Waals surface area (Å²) in [6, 6.07) is 10.5. The molecule has 1 saturated heterocycles. The molecular weight excluding hydrogens is 250 g/mol. The molecule has 1 aliphatic heterocycles. The van der Waals surface area contributed by atoms with Gasteiger partial charge in [0.05, 0.1) is 5.92 Å². The lowest BCUT2D eigenvalue weighted by Crippen LogP contribution is -2.27. The molecule has 3 heteroatoms. The number of ether oxygens (including phenoxy) is 1. The third-order valence-corrected chi connectivity index (χ3v) is 4.08. The highest BCUT2D eigenvalue weighted by atomic mass is 16.5. The lowest BCUT2D eigenvalue weighted by Gasteiger charge is -2.18. The van der Waals surface area contributed by atoms with E-state index in [1.165, 1.54) is 5.56 Å². The molecule has 0 amide bonds. The topological polar surface area (TPSA) is 29.5 Å². The number of carbonyl (C=O) groups is 1. The monoisotopic (exact) mass is 275 g/mol. The van der Waals surface area contributed by atoms with E-state index in [1.54, 1.807) is 0 Å². The Morgan fingerprint density at radius 1 is 1.30 bits per heavy atom. The molecule has 1 aromatic rings. The molecule has 1 heterocycles. The molecular formula is C17H25NO2. The molecule has 0 N–H and O–H groups in total. The summed E-state index contributed by atoms with van der Waals surface area (Å²) in [4.78, 5) is 14.3. The van der Waals surface area contributed by atoms with E-state index in [0.717, 1.165) is 38.9 Å². The van der Waals surface area contributed by atoms with Crippen LogP contribution in [0, 0.1) is 5.92 Å². The van der Waals surface area contributed by atoms with Crippen molar-refractivity contribution >= 4 is 5.97 Å². The maximum atomic E-state index is 12.0. The van der Waals surface area contributed by atoms with Gasteiger partial charge in [0.2, 0.25) is 0 Å². The minimum absolute atomic E-state index is 0.0124. The molecule has 110 valence electrons. The summed E-state index contributed by atoms with van der Waals surface area (Å²) in [6.07, 6.45) is 2.77. The summed E-state index contributed by atoms with van der Waals surface area (Å²) in [6.45, 7) is 6.91. The van der Waals surface area contributed by atoms with Gasteiger partial charge in [0.15, 0.2) is 0 Å². The second-order valence-electron chi connectivity index (χ2n) is 5.58. The first-order valence-corrected chi connectivity index (χ1v) is 7.69. The number of nitrogens with zero attached hydrogens (tertiary/aromatic N) is 1. The zero-order valence-corrected chi connectivity index (χ0v) is 12.5. The van der Waals surface area contributed by atoms with E-state index < -0.39 is 0 Å². The number of rotatable bonds is 6. The van der Waals surface area contributed by atoms with Gasteiger partial charge in [-0.3, -0.25) is 9.69 Å². The lowest BCUT2D eigenvalue weighted by molar-refractivity contribution is -0.153. The van der Waals surface area contributed by atoms with Crippen molar-refractivity contribution in [3.8, 4) is 0 Å². The van der Waals surface area contributed by atoms with Gasteiger partial charge in [0.25, 0.3) is 0 Å². The average Bonchev–Trinajstić information content (AvgIpc) is 2.88. The van der Waals surface area contributed by atoms with Gasteiger partial charge >= 0.3 is 5.97 Å². The summed E-state index contributed by atoms with van der Waals surface area (Å²) in [5.74, 6) is 0.0553. The molecule has 0 aromatic heterocycles. The van der Waals surface area contributed by atoms with E-state index in [2.05, 4.69) is 29.2 Å². The zero-order valence-electron chi connectivity index (χ0n) is 12.5. The number of esters is 1. The Labute approximate surface area is 121 Å². The summed E-state index contributed by atoms with van der Waals surface area (Å²) >= 11 is 0. The Hall–Kier alpha value is -1.35. The molecule has 3 nitrogen and oxygen atoms in total. The third kappa shape index (κ3) is 4.07. The summed E-state index contributed by atoms with van der Waals surface area (Å²) in [7, 11) is 0. The van der Waals surface area contributed by atoms with Crippen molar-refractivity contribution in [2.45, 2.75) is 45.8 Å². The SMILES string of the molecule is CCC(CC)C(=O)O[C@@H]1CCN(Cc2ccccc2)C1. The van der Waals surface area contributed by atoms with Crippen molar-refractivity contribution in [3.05, 3.63) is 35.9 Å². The van der Waals surface area contributed by atoms with Gasteiger partial charge in [-0.2, -0.15) is 0 Å². The first-order valence-electron chi connectivity index (χ1n) is 7.69. The molecule has 20 heavy (non-hydrogen) atoms. The van der Waals surface area contributed by atoms with Crippen molar-refractivity contribution in [2.24, 2.45) is 5.92 Å². The van der Waals surface area contributed by atoms with Crippen LogP contribution in [0.15, 0.2) is 30.3 Å². The molecule has 0 bridgehead atoms. The van der Waals surface area contributed by atoms with E-state index in [-0.39, 0.29) is 18.0 Å².